The first-order chi connectivity index (χ1) is 3.18. The molecule has 2 nitrogen and oxygen atoms in total. The van der Waals surface area contributed by atoms with Gasteiger partial charge in [-0.3, -0.25) is 10.5 Å². The van der Waals surface area contributed by atoms with E-state index in [9.17, 15) is 9.18 Å². The van der Waals surface area contributed by atoms with Gasteiger partial charge in [-0.2, -0.15) is 0 Å². The van der Waals surface area contributed by atoms with Crippen LogP contribution < -0.4 is 5.73 Å². The van der Waals surface area contributed by atoms with Crippen LogP contribution in [0.3, 0.4) is 0 Å². The highest BCUT2D eigenvalue weighted by Gasteiger charge is 2.08. The number of hydrogen-bond acceptors (Lipinski definition) is 1. The summed E-state index contributed by atoms with van der Waals surface area (Å²) in [6.45, 7) is 1.52. The van der Waals surface area contributed by atoms with Crippen LogP contribution in [0.25, 0.3) is 0 Å². The Balaban J connectivity index is 3.34. The lowest BCUT2D eigenvalue weighted by atomic mass is 10.3. The average molecular weight is 104 g/mol. The fourth-order valence-electron chi connectivity index (χ4n) is 0.185. The molecule has 0 heterocycles. The van der Waals surface area contributed by atoms with Gasteiger partial charge in [-0.25, -0.2) is 4.39 Å². The lowest BCUT2D eigenvalue weighted by Gasteiger charge is -1.92. The number of hydrogen-bond donors (Lipinski definition) is 0. The second kappa shape index (κ2) is 2.55. The van der Waals surface area contributed by atoms with Crippen LogP contribution in [0.4, 0.5) is 4.39 Å². The van der Waals surface area contributed by atoms with Crippen molar-refractivity contribution >= 4 is 5.91 Å². The molecular weight excluding hydrogens is 97.0 g/mol. The Morgan fingerprint density at radius 1 is 2.00 bits per heavy atom. The van der Waals surface area contributed by atoms with E-state index in [1.165, 1.54) is 6.92 Å². The molecule has 0 bridgehead atoms. The zero-order chi connectivity index (χ0) is 5.86. The molecule has 1 atom stereocenters. The Morgan fingerprint density at radius 2 is 2.43 bits per heavy atom. The van der Waals surface area contributed by atoms with E-state index >= 15 is 0 Å². The van der Waals surface area contributed by atoms with Crippen molar-refractivity contribution in [2.45, 2.75) is 19.5 Å². The van der Waals surface area contributed by atoms with Gasteiger partial charge in [-0.05, 0) is 6.42 Å². The van der Waals surface area contributed by atoms with Crippen LogP contribution in [0, 0.1) is 0 Å². The van der Waals surface area contributed by atoms with Crippen molar-refractivity contribution < 1.29 is 9.18 Å². The normalized spacial score (nSPS) is 13.4. The van der Waals surface area contributed by atoms with Crippen molar-refractivity contribution in [3.8, 4) is 0 Å². The van der Waals surface area contributed by atoms with Gasteiger partial charge in [-0.15, -0.1) is 0 Å². The maximum Gasteiger partial charge on any atom is 0.272 e. The fraction of sp³-hybridized carbons (Fsp3) is 0.750. The summed E-state index contributed by atoms with van der Waals surface area (Å²) < 4.78 is 11.7. The molecule has 0 aromatic rings. The summed E-state index contributed by atoms with van der Waals surface area (Å²) in [5.41, 5.74) is 6.17. The molecule has 1 radical (unpaired) electrons. The van der Waals surface area contributed by atoms with E-state index in [0.717, 1.165) is 0 Å². The Labute approximate surface area is 41.5 Å². The number of nitrogens with one attached hydrogen (secondary N) is 1. The Kier molecular flexibility index (Phi) is 2.33. The van der Waals surface area contributed by atoms with Crippen molar-refractivity contribution in [1.82, 2.24) is 5.73 Å². The molecule has 0 aromatic heterocycles. The summed E-state index contributed by atoms with van der Waals surface area (Å²) in [4.78, 5) is 9.67. The number of carbonyl (C=O) groups is 1. The lowest BCUT2D eigenvalue weighted by Crippen LogP contribution is -2.14. The number of amides is 1. The quantitative estimate of drug-likeness (QED) is 0.504. The number of rotatable bonds is 2. The molecule has 0 aliphatic rings. The van der Waals surface area contributed by atoms with Crippen molar-refractivity contribution in [3.63, 3.8) is 0 Å². The van der Waals surface area contributed by atoms with Gasteiger partial charge < -0.3 is 0 Å². The highest BCUT2D eigenvalue weighted by molar-refractivity contribution is 5.77. The first-order valence-electron chi connectivity index (χ1n) is 2.08. The molecule has 0 spiro atoms. The average Bonchev–Trinajstić information content (AvgIpc) is 1.65. The SMILES string of the molecule is CC[C@@H](F)C([NH])=O. The summed E-state index contributed by atoms with van der Waals surface area (Å²) >= 11 is 0. The van der Waals surface area contributed by atoms with Gasteiger partial charge in [0.2, 0.25) is 0 Å². The summed E-state index contributed by atoms with van der Waals surface area (Å²) in [5.74, 6) is -1.12. The molecule has 0 aliphatic heterocycles. The van der Waals surface area contributed by atoms with Crippen LogP contribution in [-0.2, 0) is 4.79 Å². The minimum Gasteiger partial charge on any atom is -0.270 e. The van der Waals surface area contributed by atoms with Crippen molar-refractivity contribution in [2.24, 2.45) is 0 Å². The fourth-order valence-corrected chi connectivity index (χ4v) is 0.185. The highest BCUT2D eigenvalue weighted by Crippen LogP contribution is 1.93. The molecule has 0 aromatic carbocycles. The van der Waals surface area contributed by atoms with Crippen LogP contribution in [0.5, 0.6) is 0 Å². The first-order valence-corrected chi connectivity index (χ1v) is 2.08. The van der Waals surface area contributed by atoms with Gasteiger partial charge in [-0.1, -0.05) is 6.92 Å². The minimum atomic E-state index is -1.57. The smallest absolute Gasteiger partial charge is 0.270 e. The standard InChI is InChI=1S/C4H7FNO/c1-2-3(5)4(6)7/h3,6H,2H2,1H3/t3-/m1/s1. The third kappa shape index (κ3) is 2.14. The van der Waals surface area contributed by atoms with Crippen molar-refractivity contribution in [1.29, 1.82) is 0 Å². The molecule has 1 N–H and O–H groups in total. The third-order valence-electron chi connectivity index (χ3n) is 0.643. The maximum atomic E-state index is 11.7. The Morgan fingerprint density at radius 3 is 2.43 bits per heavy atom. The van der Waals surface area contributed by atoms with Crippen LogP contribution in [0.15, 0.2) is 0 Å². The van der Waals surface area contributed by atoms with Crippen LogP contribution in [0.2, 0.25) is 0 Å². The summed E-state index contributed by atoms with van der Waals surface area (Å²) in [7, 11) is 0. The molecule has 0 unspecified atom stereocenters. The molecule has 1 amide bonds. The molecule has 3 heteroatoms. The molecule has 0 rings (SSSR count). The Hall–Kier alpha value is -0.600. The molecule has 0 saturated heterocycles. The topological polar surface area (TPSA) is 40.9 Å². The number of alkyl halides is 1. The molecule has 0 saturated carbocycles. The maximum absolute atomic E-state index is 11.7. The lowest BCUT2D eigenvalue weighted by molar-refractivity contribution is -0.123. The van der Waals surface area contributed by atoms with E-state index in [4.69, 9.17) is 5.73 Å². The van der Waals surface area contributed by atoms with Gasteiger partial charge in [0, 0.05) is 0 Å². The number of carbonyl (C=O) groups excluding carboxylic acids is 1. The zero-order valence-electron chi connectivity index (χ0n) is 4.07. The van der Waals surface area contributed by atoms with Gasteiger partial charge in [0.1, 0.15) is 0 Å². The van der Waals surface area contributed by atoms with Crippen LogP contribution >= 0.6 is 0 Å². The van der Waals surface area contributed by atoms with E-state index in [1.54, 1.807) is 0 Å². The Bertz CT molecular complexity index is 74.1. The van der Waals surface area contributed by atoms with Gasteiger partial charge >= 0.3 is 0 Å². The monoisotopic (exact) mass is 104 g/mol. The van der Waals surface area contributed by atoms with E-state index in [-0.39, 0.29) is 6.42 Å². The zero-order valence-corrected chi connectivity index (χ0v) is 4.07. The van der Waals surface area contributed by atoms with Crippen LogP contribution in [-0.4, -0.2) is 12.1 Å². The number of halogens is 1. The van der Waals surface area contributed by atoms with Crippen molar-refractivity contribution in [2.75, 3.05) is 0 Å². The van der Waals surface area contributed by atoms with Gasteiger partial charge in [0.05, 0.1) is 0 Å². The van der Waals surface area contributed by atoms with Gasteiger partial charge in [0.15, 0.2) is 6.17 Å². The van der Waals surface area contributed by atoms with E-state index in [0.29, 0.717) is 0 Å². The minimum absolute atomic E-state index is 0.113. The first kappa shape index (κ1) is 6.40. The van der Waals surface area contributed by atoms with Crippen molar-refractivity contribution in [3.05, 3.63) is 0 Å². The predicted molar refractivity (Wildman–Crippen MR) is 23.3 cm³/mol. The summed E-state index contributed by atoms with van der Waals surface area (Å²) in [5, 5.41) is 0. The van der Waals surface area contributed by atoms with Crippen LogP contribution in [0.1, 0.15) is 13.3 Å². The van der Waals surface area contributed by atoms with E-state index in [1.807, 2.05) is 0 Å². The third-order valence-corrected chi connectivity index (χ3v) is 0.643. The molecule has 41 valence electrons. The largest absolute Gasteiger partial charge is 0.272 e. The second-order valence-electron chi connectivity index (χ2n) is 1.24. The van der Waals surface area contributed by atoms with E-state index < -0.39 is 12.1 Å². The summed E-state index contributed by atoms with van der Waals surface area (Å²) in [6.07, 6.45) is -1.46. The van der Waals surface area contributed by atoms with E-state index in [2.05, 4.69) is 0 Å². The highest BCUT2D eigenvalue weighted by atomic mass is 19.1. The molecule has 0 fully saturated rings. The van der Waals surface area contributed by atoms with Gasteiger partial charge in [0.25, 0.3) is 5.91 Å². The second-order valence-corrected chi connectivity index (χ2v) is 1.24. The molecule has 0 aliphatic carbocycles. The predicted octanol–water partition coefficient (Wildman–Crippen LogP) is 0.544. The summed E-state index contributed by atoms with van der Waals surface area (Å²) in [6, 6.07) is 0. The molecule has 7 heavy (non-hydrogen) atoms. The molecular formula is C4H7FNO.